The van der Waals surface area contributed by atoms with Crippen molar-refractivity contribution >= 4 is 23.5 Å². The van der Waals surface area contributed by atoms with Gasteiger partial charge in [-0.05, 0) is 36.4 Å². The second kappa shape index (κ2) is 8.43. The zero-order valence-electron chi connectivity index (χ0n) is 15.5. The summed E-state index contributed by atoms with van der Waals surface area (Å²) < 4.78 is 16.0. The minimum atomic E-state index is -0.931. The number of esters is 1. The van der Waals surface area contributed by atoms with Gasteiger partial charge in [0.15, 0.2) is 18.1 Å². The van der Waals surface area contributed by atoms with Crippen molar-refractivity contribution in [2.24, 2.45) is 0 Å². The molecule has 2 aromatic carbocycles. The van der Waals surface area contributed by atoms with Crippen molar-refractivity contribution in [1.82, 2.24) is 4.90 Å². The van der Waals surface area contributed by atoms with Gasteiger partial charge in [0, 0.05) is 25.3 Å². The van der Waals surface area contributed by atoms with E-state index < -0.39 is 24.6 Å². The molecule has 0 aromatic heterocycles. The molecule has 0 saturated heterocycles. The molecule has 28 heavy (non-hydrogen) atoms. The lowest BCUT2D eigenvalue weighted by atomic mass is 10.2. The van der Waals surface area contributed by atoms with Crippen LogP contribution in [0.15, 0.2) is 48.5 Å². The van der Waals surface area contributed by atoms with Gasteiger partial charge in [-0.15, -0.1) is 0 Å². The molecule has 146 valence electrons. The van der Waals surface area contributed by atoms with E-state index in [1.54, 1.807) is 62.6 Å². The van der Waals surface area contributed by atoms with Crippen LogP contribution in [0.25, 0.3) is 0 Å². The lowest BCUT2D eigenvalue weighted by Gasteiger charge is -2.24. The van der Waals surface area contributed by atoms with E-state index in [9.17, 15) is 14.4 Å². The van der Waals surface area contributed by atoms with E-state index >= 15 is 0 Å². The Morgan fingerprint density at radius 2 is 1.75 bits per heavy atom. The molecule has 0 fully saturated rings. The summed E-state index contributed by atoms with van der Waals surface area (Å²) in [5.74, 6) is -0.315. The third-order valence-electron chi connectivity index (χ3n) is 3.94. The van der Waals surface area contributed by atoms with Gasteiger partial charge in [-0.3, -0.25) is 9.59 Å². The number of hydrogen-bond donors (Lipinski definition) is 1. The highest BCUT2D eigenvalue weighted by Gasteiger charge is 2.29. The molecule has 1 aliphatic heterocycles. The summed E-state index contributed by atoms with van der Waals surface area (Å²) >= 11 is 0. The van der Waals surface area contributed by atoms with Crippen molar-refractivity contribution in [3.8, 4) is 11.5 Å². The highest BCUT2D eigenvalue weighted by Crippen LogP contribution is 2.31. The summed E-state index contributed by atoms with van der Waals surface area (Å²) in [5, 5.41) is 2.60. The SMILES string of the molecule is CN(C)C(=O)c1ccc(NC(=O)COC(=O)[C@H]2COc3ccccc3O2)cc1. The molecule has 0 radical (unpaired) electrons. The topological polar surface area (TPSA) is 94.2 Å². The van der Waals surface area contributed by atoms with Crippen LogP contribution in [0.1, 0.15) is 10.4 Å². The van der Waals surface area contributed by atoms with E-state index in [1.165, 1.54) is 4.90 Å². The molecule has 3 rings (SSSR count). The maximum absolute atomic E-state index is 12.1. The van der Waals surface area contributed by atoms with Crippen molar-refractivity contribution in [1.29, 1.82) is 0 Å². The number of nitrogens with one attached hydrogen (secondary N) is 1. The van der Waals surface area contributed by atoms with Gasteiger partial charge in [0.25, 0.3) is 11.8 Å². The Kier molecular flexibility index (Phi) is 5.78. The molecule has 0 unspecified atom stereocenters. The van der Waals surface area contributed by atoms with E-state index in [1.807, 2.05) is 0 Å². The van der Waals surface area contributed by atoms with Gasteiger partial charge in [0.05, 0.1) is 0 Å². The molecule has 1 heterocycles. The van der Waals surface area contributed by atoms with Gasteiger partial charge in [-0.2, -0.15) is 0 Å². The van der Waals surface area contributed by atoms with Crippen LogP contribution in [0.5, 0.6) is 11.5 Å². The summed E-state index contributed by atoms with van der Waals surface area (Å²) in [5.41, 5.74) is 0.992. The lowest BCUT2D eigenvalue weighted by Crippen LogP contribution is -2.39. The minimum absolute atomic E-state index is 0.0127. The molecule has 2 amide bonds. The van der Waals surface area contributed by atoms with Crippen LogP contribution >= 0.6 is 0 Å². The fourth-order valence-electron chi connectivity index (χ4n) is 2.52. The maximum atomic E-state index is 12.1. The van der Waals surface area contributed by atoms with Crippen LogP contribution in [0.3, 0.4) is 0 Å². The number of nitrogens with zero attached hydrogens (tertiary/aromatic N) is 1. The number of benzene rings is 2. The smallest absolute Gasteiger partial charge is 0.351 e. The number of carbonyl (C=O) groups is 3. The molecule has 1 N–H and O–H groups in total. The molecule has 8 nitrogen and oxygen atoms in total. The predicted octanol–water partition coefficient (Wildman–Crippen LogP) is 1.71. The number of rotatable bonds is 5. The highest BCUT2D eigenvalue weighted by atomic mass is 16.6. The minimum Gasteiger partial charge on any atom is -0.485 e. The van der Waals surface area contributed by atoms with Gasteiger partial charge in [-0.1, -0.05) is 12.1 Å². The van der Waals surface area contributed by atoms with Crippen molar-refractivity contribution in [3.63, 3.8) is 0 Å². The monoisotopic (exact) mass is 384 g/mol. The van der Waals surface area contributed by atoms with Gasteiger partial charge in [0.2, 0.25) is 6.10 Å². The quantitative estimate of drug-likeness (QED) is 0.789. The number of hydrogen-bond acceptors (Lipinski definition) is 6. The maximum Gasteiger partial charge on any atom is 0.351 e. The van der Waals surface area contributed by atoms with Crippen molar-refractivity contribution < 1.29 is 28.6 Å². The summed E-state index contributed by atoms with van der Waals surface area (Å²) in [7, 11) is 3.32. The molecular formula is C20H20N2O6. The van der Waals surface area contributed by atoms with Gasteiger partial charge < -0.3 is 24.4 Å². The van der Waals surface area contributed by atoms with Crippen LogP contribution in [0.2, 0.25) is 0 Å². The molecule has 0 aliphatic carbocycles. The Labute approximate surface area is 162 Å². The fraction of sp³-hybridized carbons (Fsp3) is 0.250. The third-order valence-corrected chi connectivity index (χ3v) is 3.94. The Morgan fingerprint density at radius 1 is 1.07 bits per heavy atom. The molecule has 1 aliphatic rings. The first-order valence-corrected chi connectivity index (χ1v) is 8.61. The lowest BCUT2D eigenvalue weighted by molar-refractivity contribution is -0.156. The van der Waals surface area contributed by atoms with Crippen LogP contribution in [-0.4, -0.2) is 56.1 Å². The second-order valence-corrected chi connectivity index (χ2v) is 6.30. The Hall–Kier alpha value is -3.55. The normalized spacial score (nSPS) is 14.7. The Balaban J connectivity index is 1.48. The Bertz CT molecular complexity index is 879. The number of anilines is 1. The summed E-state index contributed by atoms with van der Waals surface area (Å²) in [6.07, 6.45) is -0.931. The summed E-state index contributed by atoms with van der Waals surface area (Å²) in [4.78, 5) is 37.4. The molecule has 1 atom stereocenters. The van der Waals surface area contributed by atoms with Crippen molar-refractivity contribution in [3.05, 3.63) is 54.1 Å². The van der Waals surface area contributed by atoms with E-state index in [0.717, 1.165) is 0 Å². The second-order valence-electron chi connectivity index (χ2n) is 6.30. The molecule has 0 saturated carbocycles. The van der Waals surface area contributed by atoms with Gasteiger partial charge in [0.1, 0.15) is 6.61 Å². The largest absolute Gasteiger partial charge is 0.485 e. The first-order chi connectivity index (χ1) is 13.4. The Morgan fingerprint density at radius 3 is 2.43 bits per heavy atom. The number of ether oxygens (including phenoxy) is 3. The van der Waals surface area contributed by atoms with Crippen LogP contribution in [0.4, 0.5) is 5.69 Å². The molecule has 0 bridgehead atoms. The third kappa shape index (κ3) is 4.59. The van der Waals surface area contributed by atoms with Crippen LogP contribution in [0, 0.1) is 0 Å². The molecule has 8 heteroatoms. The first-order valence-electron chi connectivity index (χ1n) is 8.61. The van der Waals surface area contributed by atoms with Crippen LogP contribution < -0.4 is 14.8 Å². The van der Waals surface area contributed by atoms with E-state index in [2.05, 4.69) is 5.32 Å². The van der Waals surface area contributed by atoms with Gasteiger partial charge >= 0.3 is 5.97 Å². The standard InChI is InChI=1S/C20H20N2O6/c1-22(2)19(24)13-7-9-14(10-8-13)21-18(23)12-27-20(25)17-11-26-15-5-3-4-6-16(15)28-17/h3-10,17H,11-12H2,1-2H3,(H,21,23)/t17-/m1/s1. The summed E-state index contributed by atoms with van der Waals surface area (Å²) in [6, 6.07) is 13.4. The number of carbonyl (C=O) groups excluding carboxylic acids is 3. The molecular weight excluding hydrogens is 364 g/mol. The van der Waals surface area contributed by atoms with Crippen LogP contribution in [-0.2, 0) is 14.3 Å². The number of amides is 2. The zero-order valence-corrected chi connectivity index (χ0v) is 15.5. The van der Waals surface area contributed by atoms with E-state index in [4.69, 9.17) is 14.2 Å². The molecule has 0 spiro atoms. The van der Waals surface area contributed by atoms with E-state index in [0.29, 0.717) is 22.7 Å². The average Bonchev–Trinajstić information content (AvgIpc) is 2.71. The summed E-state index contributed by atoms with van der Waals surface area (Å²) in [6.45, 7) is -0.447. The zero-order chi connectivity index (χ0) is 20.1. The number of para-hydroxylation sites is 2. The molecule has 2 aromatic rings. The highest BCUT2D eigenvalue weighted by molar-refractivity contribution is 5.96. The fourth-order valence-corrected chi connectivity index (χ4v) is 2.52. The average molecular weight is 384 g/mol. The number of fused-ring (bicyclic) bond motifs is 1. The van der Waals surface area contributed by atoms with Crippen molar-refractivity contribution in [2.45, 2.75) is 6.10 Å². The first kappa shape index (κ1) is 19.2. The predicted molar refractivity (Wildman–Crippen MR) is 100 cm³/mol. The van der Waals surface area contributed by atoms with E-state index in [-0.39, 0.29) is 12.5 Å². The van der Waals surface area contributed by atoms with Gasteiger partial charge in [-0.25, -0.2) is 4.79 Å². The van der Waals surface area contributed by atoms with Crippen molar-refractivity contribution in [2.75, 3.05) is 32.6 Å².